The Morgan fingerprint density at radius 1 is 1.26 bits per heavy atom. The first-order chi connectivity index (χ1) is 9.22. The number of hydrogen-bond donors (Lipinski definition) is 1. The van der Waals surface area contributed by atoms with Gasteiger partial charge in [0.05, 0.1) is 0 Å². The van der Waals surface area contributed by atoms with Gasteiger partial charge in [0.25, 0.3) is 0 Å². The summed E-state index contributed by atoms with van der Waals surface area (Å²) in [5.74, 6) is 1.92. The van der Waals surface area contributed by atoms with E-state index in [1.54, 1.807) is 0 Å². The normalized spacial score (nSPS) is 15.5. The van der Waals surface area contributed by atoms with Gasteiger partial charge in [-0.3, -0.25) is 0 Å². The molecule has 6 heteroatoms. The van der Waals surface area contributed by atoms with Crippen molar-refractivity contribution in [3.05, 3.63) is 45.5 Å². The molecular formula is C13H13Cl2N3O. The summed E-state index contributed by atoms with van der Waals surface area (Å²) in [6.07, 6.45) is 1.32. The van der Waals surface area contributed by atoms with Crippen molar-refractivity contribution in [2.45, 2.75) is 12.8 Å². The second-order valence-corrected chi connectivity index (χ2v) is 5.52. The Labute approximate surface area is 121 Å². The molecule has 0 radical (unpaired) electrons. The van der Waals surface area contributed by atoms with Gasteiger partial charge in [-0.15, -0.1) is 0 Å². The van der Waals surface area contributed by atoms with Gasteiger partial charge in [-0.2, -0.15) is 4.98 Å². The summed E-state index contributed by atoms with van der Waals surface area (Å²) in [6, 6.07) is 5.44. The standard InChI is InChI=1S/C13H13Cl2N3O/c14-10-2-1-3-11(15)9(10)5-12-17-13(19-18-12)4-8-6-16-7-8/h1-3,8,16H,4-7H2. The molecule has 0 spiro atoms. The molecule has 19 heavy (non-hydrogen) atoms. The molecule has 0 saturated carbocycles. The quantitative estimate of drug-likeness (QED) is 0.943. The zero-order chi connectivity index (χ0) is 13.2. The number of rotatable bonds is 4. The van der Waals surface area contributed by atoms with Gasteiger partial charge in [0, 0.05) is 22.9 Å². The monoisotopic (exact) mass is 297 g/mol. The summed E-state index contributed by atoms with van der Waals surface area (Å²) in [6.45, 7) is 2.04. The van der Waals surface area contributed by atoms with Crippen LogP contribution in [-0.2, 0) is 12.8 Å². The van der Waals surface area contributed by atoms with Crippen molar-refractivity contribution in [2.24, 2.45) is 5.92 Å². The number of nitrogens with one attached hydrogen (secondary N) is 1. The van der Waals surface area contributed by atoms with E-state index in [1.807, 2.05) is 18.2 Å². The minimum atomic E-state index is 0.491. The largest absolute Gasteiger partial charge is 0.339 e. The zero-order valence-electron chi connectivity index (χ0n) is 10.2. The highest BCUT2D eigenvalue weighted by atomic mass is 35.5. The van der Waals surface area contributed by atoms with Crippen LogP contribution in [0.2, 0.25) is 10.0 Å². The Balaban J connectivity index is 1.72. The van der Waals surface area contributed by atoms with Crippen LogP contribution >= 0.6 is 23.2 Å². The van der Waals surface area contributed by atoms with E-state index in [0.29, 0.717) is 34.1 Å². The third-order valence-electron chi connectivity index (χ3n) is 3.24. The Kier molecular flexibility index (Phi) is 3.73. The van der Waals surface area contributed by atoms with E-state index in [2.05, 4.69) is 15.5 Å². The van der Waals surface area contributed by atoms with E-state index >= 15 is 0 Å². The molecule has 4 nitrogen and oxygen atoms in total. The maximum Gasteiger partial charge on any atom is 0.227 e. The molecule has 1 aliphatic rings. The third kappa shape index (κ3) is 2.91. The van der Waals surface area contributed by atoms with Crippen LogP contribution in [0.1, 0.15) is 17.3 Å². The van der Waals surface area contributed by atoms with Gasteiger partial charge in [0.1, 0.15) is 0 Å². The summed E-state index contributed by atoms with van der Waals surface area (Å²) in [4.78, 5) is 4.39. The molecule has 2 heterocycles. The van der Waals surface area contributed by atoms with Crippen molar-refractivity contribution >= 4 is 23.2 Å². The Morgan fingerprint density at radius 3 is 2.63 bits per heavy atom. The molecule has 3 rings (SSSR count). The molecular weight excluding hydrogens is 285 g/mol. The molecule has 0 bridgehead atoms. The van der Waals surface area contributed by atoms with Gasteiger partial charge in [-0.25, -0.2) is 0 Å². The predicted molar refractivity (Wildman–Crippen MR) is 73.6 cm³/mol. The fourth-order valence-corrected chi connectivity index (χ4v) is 2.58. The van der Waals surface area contributed by atoms with Crippen LogP contribution < -0.4 is 5.32 Å². The average molecular weight is 298 g/mol. The minimum absolute atomic E-state index is 0.491. The maximum absolute atomic E-state index is 6.12. The van der Waals surface area contributed by atoms with Crippen LogP contribution in [0.25, 0.3) is 0 Å². The summed E-state index contributed by atoms with van der Waals surface area (Å²) >= 11 is 12.2. The van der Waals surface area contributed by atoms with E-state index in [-0.39, 0.29) is 0 Å². The first-order valence-corrected chi connectivity index (χ1v) is 6.93. The van der Waals surface area contributed by atoms with Crippen molar-refractivity contribution in [1.29, 1.82) is 0 Å². The van der Waals surface area contributed by atoms with E-state index in [1.165, 1.54) is 0 Å². The van der Waals surface area contributed by atoms with E-state index in [4.69, 9.17) is 27.7 Å². The lowest BCUT2D eigenvalue weighted by molar-refractivity contribution is 0.295. The highest BCUT2D eigenvalue weighted by molar-refractivity contribution is 6.36. The SMILES string of the molecule is Clc1cccc(Cl)c1Cc1noc(CC2CNC2)n1. The molecule has 0 atom stereocenters. The Bertz CT molecular complexity index is 561. The van der Waals surface area contributed by atoms with E-state index in [0.717, 1.165) is 25.1 Å². The van der Waals surface area contributed by atoms with E-state index in [9.17, 15) is 0 Å². The lowest BCUT2D eigenvalue weighted by Crippen LogP contribution is -2.43. The molecule has 1 saturated heterocycles. The number of aromatic nitrogens is 2. The molecule has 100 valence electrons. The highest BCUT2D eigenvalue weighted by Crippen LogP contribution is 2.26. The molecule has 0 amide bonds. The maximum atomic E-state index is 6.12. The molecule has 1 aliphatic heterocycles. The van der Waals surface area contributed by atoms with E-state index < -0.39 is 0 Å². The van der Waals surface area contributed by atoms with Gasteiger partial charge in [-0.05, 0) is 36.7 Å². The zero-order valence-corrected chi connectivity index (χ0v) is 11.7. The van der Waals surface area contributed by atoms with Crippen molar-refractivity contribution in [2.75, 3.05) is 13.1 Å². The third-order valence-corrected chi connectivity index (χ3v) is 3.94. The number of nitrogens with zero attached hydrogens (tertiary/aromatic N) is 2. The van der Waals surface area contributed by atoms with Crippen molar-refractivity contribution in [1.82, 2.24) is 15.5 Å². The van der Waals surface area contributed by atoms with Gasteiger partial charge >= 0.3 is 0 Å². The number of hydrogen-bond acceptors (Lipinski definition) is 4. The summed E-state index contributed by atoms with van der Waals surface area (Å²) in [5, 5.41) is 8.45. The Hall–Kier alpha value is -1.10. The van der Waals surface area contributed by atoms with Gasteiger partial charge in [0.2, 0.25) is 5.89 Å². The molecule has 1 N–H and O–H groups in total. The number of halogens is 2. The average Bonchev–Trinajstić information content (AvgIpc) is 2.77. The lowest BCUT2D eigenvalue weighted by Gasteiger charge is -2.25. The van der Waals surface area contributed by atoms with Crippen LogP contribution in [0, 0.1) is 5.92 Å². The molecule has 0 unspecified atom stereocenters. The fraction of sp³-hybridized carbons (Fsp3) is 0.385. The first kappa shape index (κ1) is 12.9. The highest BCUT2D eigenvalue weighted by Gasteiger charge is 2.20. The molecule has 1 fully saturated rings. The fourth-order valence-electron chi connectivity index (χ4n) is 2.04. The van der Waals surface area contributed by atoms with Crippen molar-refractivity contribution < 1.29 is 4.52 Å². The van der Waals surface area contributed by atoms with Crippen LogP contribution in [0.5, 0.6) is 0 Å². The second kappa shape index (κ2) is 5.49. The van der Waals surface area contributed by atoms with Crippen LogP contribution in [0.3, 0.4) is 0 Å². The molecule has 2 aromatic rings. The minimum Gasteiger partial charge on any atom is -0.339 e. The number of benzene rings is 1. The van der Waals surface area contributed by atoms with Gasteiger partial charge in [0.15, 0.2) is 5.82 Å². The summed E-state index contributed by atoms with van der Waals surface area (Å²) in [7, 11) is 0. The molecule has 1 aromatic heterocycles. The predicted octanol–water partition coefficient (Wildman–Crippen LogP) is 2.73. The van der Waals surface area contributed by atoms with Crippen molar-refractivity contribution in [3.63, 3.8) is 0 Å². The smallest absolute Gasteiger partial charge is 0.227 e. The van der Waals surface area contributed by atoms with Gasteiger partial charge < -0.3 is 9.84 Å². The van der Waals surface area contributed by atoms with Crippen LogP contribution in [0.15, 0.2) is 22.7 Å². The Morgan fingerprint density at radius 2 is 2.00 bits per heavy atom. The summed E-state index contributed by atoms with van der Waals surface area (Å²) < 4.78 is 5.25. The van der Waals surface area contributed by atoms with Crippen LogP contribution in [-0.4, -0.2) is 23.2 Å². The van der Waals surface area contributed by atoms with Crippen molar-refractivity contribution in [3.8, 4) is 0 Å². The first-order valence-electron chi connectivity index (χ1n) is 6.17. The van der Waals surface area contributed by atoms with Crippen LogP contribution in [0.4, 0.5) is 0 Å². The topological polar surface area (TPSA) is 51.0 Å². The second-order valence-electron chi connectivity index (χ2n) is 4.71. The van der Waals surface area contributed by atoms with Gasteiger partial charge in [-0.1, -0.05) is 34.4 Å². The molecule has 1 aromatic carbocycles. The summed E-state index contributed by atoms with van der Waals surface area (Å²) in [5.41, 5.74) is 0.837. The molecule has 0 aliphatic carbocycles. The lowest BCUT2D eigenvalue weighted by atomic mass is 10.00.